The first-order chi connectivity index (χ1) is 10.0. The second kappa shape index (κ2) is 6.37. The maximum atomic E-state index is 12.4. The lowest BCUT2D eigenvalue weighted by Crippen LogP contribution is -2.16. The van der Waals surface area contributed by atoms with Gasteiger partial charge in [-0.05, 0) is 17.7 Å². The molecule has 1 atom stereocenters. The molecule has 1 unspecified atom stereocenters. The van der Waals surface area contributed by atoms with Crippen LogP contribution in [-0.4, -0.2) is 40.8 Å². The number of aliphatic hydroxyl groups is 1. The Kier molecular flexibility index (Phi) is 4.55. The van der Waals surface area contributed by atoms with E-state index in [2.05, 4.69) is 5.10 Å². The van der Waals surface area contributed by atoms with Crippen LogP contribution in [0.25, 0.3) is 0 Å². The summed E-state index contributed by atoms with van der Waals surface area (Å²) in [5.41, 5.74) is 1.84. The number of nitrogens with zero attached hydrogens (tertiary/aromatic N) is 3. The number of hydrazone groups is 1. The van der Waals surface area contributed by atoms with E-state index in [1.54, 1.807) is 59.2 Å². The first-order valence-electron chi connectivity index (χ1n) is 6.65. The minimum absolute atomic E-state index is 0.326. The molecule has 0 aliphatic rings. The number of rotatable bonds is 5. The number of carbonyl (C=O) groups is 1. The summed E-state index contributed by atoms with van der Waals surface area (Å²) < 4.78 is 1.72. The number of aromatic nitrogens is 1. The largest absolute Gasteiger partial charge is 0.380 e. The summed E-state index contributed by atoms with van der Waals surface area (Å²) >= 11 is 0. The van der Waals surface area contributed by atoms with E-state index < -0.39 is 6.10 Å². The maximum Gasteiger partial charge on any atom is 0.212 e. The Labute approximate surface area is 124 Å². The van der Waals surface area contributed by atoms with Gasteiger partial charge in [0.2, 0.25) is 5.78 Å². The molecule has 0 radical (unpaired) electrons. The summed E-state index contributed by atoms with van der Waals surface area (Å²) in [7, 11) is 5.43. The first-order valence-corrected chi connectivity index (χ1v) is 6.65. The van der Waals surface area contributed by atoms with Crippen molar-refractivity contribution in [1.29, 1.82) is 0 Å². The Bertz CT molecular complexity index is 645. The van der Waals surface area contributed by atoms with Crippen LogP contribution in [0.3, 0.4) is 0 Å². The number of Topliss-reactive ketones (excluding diaryl/α,β-unsaturated/α-hetero) is 1. The van der Waals surface area contributed by atoms with Gasteiger partial charge in [-0.2, -0.15) is 5.10 Å². The standard InChI is InChI=1S/C16H19N3O2/c1-18(2)17-11-13-9-10-14(19(13)3)16(21)15(20)12-7-5-4-6-8-12/h4-11,15,20H,1-3H3. The molecular weight excluding hydrogens is 266 g/mol. The molecule has 0 amide bonds. The molecule has 0 aliphatic carbocycles. The van der Waals surface area contributed by atoms with Gasteiger partial charge in [0.25, 0.3) is 0 Å². The highest BCUT2D eigenvalue weighted by atomic mass is 16.3. The normalized spacial score (nSPS) is 12.6. The smallest absolute Gasteiger partial charge is 0.212 e. The van der Waals surface area contributed by atoms with Gasteiger partial charge in [-0.15, -0.1) is 0 Å². The number of aliphatic hydroxyl groups excluding tert-OH is 1. The molecule has 0 fully saturated rings. The maximum absolute atomic E-state index is 12.4. The molecule has 5 heteroatoms. The molecule has 21 heavy (non-hydrogen) atoms. The van der Waals surface area contributed by atoms with E-state index in [0.29, 0.717) is 11.3 Å². The lowest BCUT2D eigenvalue weighted by Gasteiger charge is -2.11. The van der Waals surface area contributed by atoms with Gasteiger partial charge in [-0.1, -0.05) is 30.3 Å². The van der Waals surface area contributed by atoms with Crippen LogP contribution in [0.5, 0.6) is 0 Å². The minimum Gasteiger partial charge on any atom is -0.380 e. The van der Waals surface area contributed by atoms with Crippen LogP contribution in [0.15, 0.2) is 47.6 Å². The molecular formula is C16H19N3O2. The number of carbonyl (C=O) groups excluding carboxylic acids is 1. The van der Waals surface area contributed by atoms with Crippen molar-refractivity contribution < 1.29 is 9.90 Å². The molecule has 0 saturated carbocycles. The van der Waals surface area contributed by atoms with Crippen LogP contribution in [0.2, 0.25) is 0 Å². The summed E-state index contributed by atoms with van der Waals surface area (Å²) in [4.78, 5) is 12.4. The van der Waals surface area contributed by atoms with Gasteiger partial charge in [0.15, 0.2) is 0 Å². The van der Waals surface area contributed by atoms with Crippen molar-refractivity contribution in [3.63, 3.8) is 0 Å². The van der Waals surface area contributed by atoms with Gasteiger partial charge >= 0.3 is 0 Å². The third-order valence-electron chi connectivity index (χ3n) is 3.20. The quantitative estimate of drug-likeness (QED) is 0.518. The Morgan fingerprint density at radius 3 is 2.52 bits per heavy atom. The lowest BCUT2D eigenvalue weighted by molar-refractivity contribution is 0.0738. The Hall–Kier alpha value is -2.40. The monoisotopic (exact) mass is 285 g/mol. The Morgan fingerprint density at radius 2 is 1.90 bits per heavy atom. The zero-order valence-electron chi connectivity index (χ0n) is 12.4. The Morgan fingerprint density at radius 1 is 1.24 bits per heavy atom. The summed E-state index contributed by atoms with van der Waals surface area (Å²) in [5, 5.41) is 16.0. The SMILES string of the molecule is CN(C)N=Cc1ccc(C(=O)C(O)c2ccccc2)n1C. The van der Waals surface area contributed by atoms with Crippen molar-refractivity contribution >= 4 is 12.0 Å². The topological polar surface area (TPSA) is 57.8 Å². The fourth-order valence-corrected chi connectivity index (χ4v) is 2.01. The van der Waals surface area contributed by atoms with Crippen LogP contribution in [-0.2, 0) is 7.05 Å². The second-order valence-electron chi connectivity index (χ2n) is 4.97. The number of hydrogen-bond donors (Lipinski definition) is 1. The minimum atomic E-state index is -1.15. The third-order valence-corrected chi connectivity index (χ3v) is 3.20. The van der Waals surface area contributed by atoms with Crippen LogP contribution < -0.4 is 0 Å². The van der Waals surface area contributed by atoms with E-state index in [1.807, 2.05) is 20.2 Å². The van der Waals surface area contributed by atoms with Crippen molar-refractivity contribution in [2.45, 2.75) is 6.10 Å². The van der Waals surface area contributed by atoms with Gasteiger partial charge in [0.1, 0.15) is 6.10 Å². The van der Waals surface area contributed by atoms with Crippen LogP contribution in [0.4, 0.5) is 0 Å². The van der Waals surface area contributed by atoms with E-state index in [4.69, 9.17) is 0 Å². The highest BCUT2D eigenvalue weighted by Gasteiger charge is 2.21. The zero-order chi connectivity index (χ0) is 15.4. The van der Waals surface area contributed by atoms with Crippen LogP contribution in [0.1, 0.15) is 27.8 Å². The summed E-state index contributed by atoms with van der Waals surface area (Å²) in [6.45, 7) is 0. The van der Waals surface area contributed by atoms with E-state index in [1.165, 1.54) is 0 Å². The van der Waals surface area contributed by atoms with E-state index in [0.717, 1.165) is 5.69 Å². The molecule has 1 aromatic heterocycles. The molecule has 0 aliphatic heterocycles. The summed E-state index contributed by atoms with van der Waals surface area (Å²) in [6.07, 6.45) is 0.518. The molecule has 0 spiro atoms. The number of hydrogen-bond acceptors (Lipinski definition) is 4. The molecule has 2 aromatic rings. The first kappa shape index (κ1) is 15.0. The van der Waals surface area contributed by atoms with E-state index in [-0.39, 0.29) is 5.78 Å². The van der Waals surface area contributed by atoms with Crippen molar-refractivity contribution in [2.24, 2.45) is 12.1 Å². The highest BCUT2D eigenvalue weighted by molar-refractivity contribution is 5.99. The molecule has 5 nitrogen and oxygen atoms in total. The lowest BCUT2D eigenvalue weighted by atomic mass is 10.0. The molecule has 1 heterocycles. The van der Waals surface area contributed by atoms with Gasteiger partial charge in [0, 0.05) is 21.1 Å². The third kappa shape index (κ3) is 3.38. The van der Waals surface area contributed by atoms with Gasteiger partial charge < -0.3 is 14.7 Å². The average molecular weight is 285 g/mol. The number of ketones is 1. The zero-order valence-corrected chi connectivity index (χ0v) is 12.4. The van der Waals surface area contributed by atoms with E-state index >= 15 is 0 Å². The van der Waals surface area contributed by atoms with E-state index in [9.17, 15) is 9.90 Å². The predicted molar refractivity (Wildman–Crippen MR) is 82.4 cm³/mol. The Balaban J connectivity index is 2.24. The second-order valence-corrected chi connectivity index (χ2v) is 4.97. The van der Waals surface area contributed by atoms with Gasteiger partial charge in [-0.25, -0.2) is 0 Å². The number of benzene rings is 1. The van der Waals surface area contributed by atoms with Crippen molar-refractivity contribution in [3.8, 4) is 0 Å². The average Bonchev–Trinajstić information content (AvgIpc) is 2.85. The molecule has 0 bridgehead atoms. The molecule has 1 aromatic carbocycles. The molecule has 1 N–H and O–H groups in total. The van der Waals surface area contributed by atoms with Crippen LogP contribution in [0, 0.1) is 0 Å². The van der Waals surface area contributed by atoms with Crippen molar-refractivity contribution in [2.75, 3.05) is 14.1 Å². The molecule has 2 rings (SSSR count). The van der Waals surface area contributed by atoms with Crippen molar-refractivity contribution in [1.82, 2.24) is 9.58 Å². The summed E-state index contributed by atoms with van der Waals surface area (Å²) in [5.74, 6) is -0.326. The van der Waals surface area contributed by atoms with Crippen LogP contribution >= 0.6 is 0 Å². The predicted octanol–water partition coefficient (Wildman–Crippen LogP) is 1.84. The fourth-order valence-electron chi connectivity index (χ4n) is 2.01. The van der Waals surface area contributed by atoms with Gasteiger partial charge in [-0.3, -0.25) is 4.79 Å². The van der Waals surface area contributed by atoms with Gasteiger partial charge in [0.05, 0.1) is 17.6 Å². The van der Waals surface area contributed by atoms with Crippen molar-refractivity contribution in [3.05, 3.63) is 59.4 Å². The molecule has 110 valence electrons. The highest BCUT2D eigenvalue weighted by Crippen LogP contribution is 2.19. The fraction of sp³-hybridized carbons (Fsp3) is 0.250. The molecule has 0 saturated heterocycles. The summed E-state index contributed by atoms with van der Waals surface area (Å²) in [6, 6.07) is 12.4.